The molecule has 0 aromatic heterocycles. The van der Waals surface area contributed by atoms with Gasteiger partial charge >= 0.3 is 5.97 Å². The van der Waals surface area contributed by atoms with Gasteiger partial charge in [-0.2, -0.15) is 0 Å². The first-order valence-corrected chi connectivity index (χ1v) is 6.49. The van der Waals surface area contributed by atoms with Crippen molar-refractivity contribution in [3.05, 3.63) is 10.4 Å². The fourth-order valence-corrected chi connectivity index (χ4v) is 3.66. The molecule has 0 spiro atoms. The Kier molecular flexibility index (Phi) is 3.85. The number of piperidine rings is 1. The lowest BCUT2D eigenvalue weighted by Crippen LogP contribution is -2.63. The highest BCUT2D eigenvalue weighted by atomic mass is 32.2. The molecule has 0 aromatic rings. The number of methoxy groups -OCH3 is 1. The van der Waals surface area contributed by atoms with Gasteiger partial charge in [0.25, 0.3) is 0 Å². The first-order chi connectivity index (χ1) is 9.02. The van der Waals surface area contributed by atoms with Gasteiger partial charge in [-0.3, -0.25) is 4.79 Å². The van der Waals surface area contributed by atoms with Crippen molar-refractivity contribution in [2.45, 2.75) is 29.7 Å². The summed E-state index contributed by atoms with van der Waals surface area (Å²) in [6.07, 6.45) is -2.76. The normalized spacial score (nSPS) is 37.5. The summed E-state index contributed by atoms with van der Waals surface area (Å²) in [4.78, 5) is 27.4. The molecule has 2 aliphatic rings. The highest BCUT2D eigenvalue weighted by Crippen LogP contribution is 2.38. The van der Waals surface area contributed by atoms with Gasteiger partial charge in [-0.15, -0.1) is 11.8 Å². The lowest BCUT2D eigenvalue weighted by atomic mass is 9.97. The van der Waals surface area contributed by atoms with E-state index in [1.165, 1.54) is 18.9 Å². The van der Waals surface area contributed by atoms with Gasteiger partial charge in [-0.25, -0.2) is 4.79 Å². The number of hydrogen-bond acceptors (Lipinski definition) is 7. The van der Waals surface area contributed by atoms with Gasteiger partial charge in [-0.1, -0.05) is 5.11 Å². The van der Waals surface area contributed by atoms with Gasteiger partial charge < -0.3 is 19.8 Å². The molecule has 104 valence electrons. The monoisotopic (exact) mass is 288 g/mol. The van der Waals surface area contributed by atoms with Crippen LogP contribution >= 0.6 is 11.8 Å². The Morgan fingerprint density at radius 1 is 1.58 bits per heavy atom. The molecule has 2 N–H and O–H groups in total. The minimum atomic E-state index is -1.48. The van der Waals surface area contributed by atoms with E-state index in [0.29, 0.717) is 0 Å². The molecule has 0 aliphatic carbocycles. The topological polar surface area (TPSA) is 136 Å². The van der Waals surface area contributed by atoms with E-state index in [4.69, 9.17) is 5.53 Å². The molecule has 5 atom stereocenters. The van der Waals surface area contributed by atoms with E-state index in [1.54, 1.807) is 0 Å². The lowest BCUT2D eigenvalue weighted by molar-refractivity contribution is -0.162. The summed E-state index contributed by atoms with van der Waals surface area (Å²) < 4.78 is 4.60. The third-order valence-corrected chi connectivity index (χ3v) is 4.51. The second-order valence-corrected chi connectivity index (χ2v) is 5.29. The summed E-state index contributed by atoms with van der Waals surface area (Å²) in [7, 11) is 1.20. The molecule has 19 heavy (non-hydrogen) atoms. The predicted octanol–water partition coefficient (Wildman–Crippen LogP) is -1.16. The second-order valence-electron chi connectivity index (χ2n) is 4.14. The Labute approximate surface area is 112 Å². The first-order valence-electron chi connectivity index (χ1n) is 5.45. The number of carbonyl (C=O) groups is 2. The third-order valence-electron chi connectivity index (χ3n) is 3.16. The molecule has 0 saturated carbocycles. The zero-order valence-electron chi connectivity index (χ0n) is 9.91. The van der Waals surface area contributed by atoms with E-state index >= 15 is 0 Å². The Balaban J connectivity index is 2.33. The van der Waals surface area contributed by atoms with Crippen molar-refractivity contribution < 1.29 is 24.5 Å². The Morgan fingerprint density at radius 2 is 2.26 bits per heavy atom. The van der Waals surface area contributed by atoms with Crippen LogP contribution in [0.15, 0.2) is 5.11 Å². The number of esters is 1. The first kappa shape index (κ1) is 13.9. The molecule has 2 aliphatic heterocycles. The molecule has 2 fully saturated rings. The maximum Gasteiger partial charge on any atom is 0.329 e. The summed E-state index contributed by atoms with van der Waals surface area (Å²) >= 11 is 1.17. The van der Waals surface area contributed by atoms with Gasteiger partial charge in [0.2, 0.25) is 5.91 Å². The molecule has 1 amide bonds. The zero-order valence-corrected chi connectivity index (χ0v) is 10.7. The quantitative estimate of drug-likeness (QED) is 0.285. The summed E-state index contributed by atoms with van der Waals surface area (Å²) in [5, 5.41) is 22.2. The van der Waals surface area contributed by atoms with E-state index in [0.717, 1.165) is 4.90 Å². The maximum atomic E-state index is 12.2. The van der Waals surface area contributed by atoms with E-state index < -0.39 is 41.5 Å². The number of fused-ring (bicyclic) bond motifs is 1. The second kappa shape index (κ2) is 5.25. The summed E-state index contributed by atoms with van der Waals surface area (Å²) in [5.74, 6) is -1.02. The van der Waals surface area contributed by atoms with Crippen LogP contribution in [-0.4, -0.2) is 69.5 Å². The van der Waals surface area contributed by atoms with Gasteiger partial charge in [0.15, 0.2) is 0 Å². The molecular formula is C9H12N4O5S. The van der Waals surface area contributed by atoms with Crippen molar-refractivity contribution in [3.8, 4) is 0 Å². The van der Waals surface area contributed by atoms with E-state index in [2.05, 4.69) is 14.8 Å². The van der Waals surface area contributed by atoms with Gasteiger partial charge in [0.1, 0.15) is 29.7 Å². The van der Waals surface area contributed by atoms with Crippen molar-refractivity contribution in [2.24, 2.45) is 5.11 Å². The van der Waals surface area contributed by atoms with Crippen molar-refractivity contribution in [1.82, 2.24) is 4.90 Å². The molecular weight excluding hydrogens is 276 g/mol. The SMILES string of the molecule is COC(=O)[C@@H]1CS[C@H]2[C@@H](O)[C@H](O)[C@@H](N=[N+]=[N-])C(=O)N12. The molecule has 10 heteroatoms. The van der Waals surface area contributed by atoms with Gasteiger partial charge in [0.05, 0.1) is 7.11 Å². The van der Waals surface area contributed by atoms with Gasteiger partial charge in [-0.05, 0) is 5.53 Å². The number of carbonyl (C=O) groups excluding carboxylic acids is 2. The molecule has 0 unspecified atom stereocenters. The van der Waals surface area contributed by atoms with Crippen LogP contribution in [0.3, 0.4) is 0 Å². The van der Waals surface area contributed by atoms with Crippen LogP contribution < -0.4 is 0 Å². The average Bonchev–Trinajstić information content (AvgIpc) is 2.85. The van der Waals surface area contributed by atoms with Crippen molar-refractivity contribution >= 4 is 23.6 Å². The number of aliphatic hydroxyl groups excluding tert-OH is 2. The minimum absolute atomic E-state index is 0.260. The molecule has 0 bridgehead atoms. The Hall–Kier alpha value is -1.48. The third kappa shape index (κ3) is 2.12. The van der Waals surface area contributed by atoms with E-state index in [1.807, 2.05) is 0 Å². The number of thioether (sulfide) groups is 1. The van der Waals surface area contributed by atoms with Crippen molar-refractivity contribution in [2.75, 3.05) is 12.9 Å². The van der Waals surface area contributed by atoms with Crippen LogP contribution in [0.4, 0.5) is 0 Å². The largest absolute Gasteiger partial charge is 0.467 e. The number of hydrogen-bond donors (Lipinski definition) is 2. The number of nitrogens with zero attached hydrogens (tertiary/aromatic N) is 4. The number of aliphatic hydroxyl groups is 2. The van der Waals surface area contributed by atoms with Gasteiger partial charge in [0, 0.05) is 10.7 Å². The van der Waals surface area contributed by atoms with E-state index in [-0.39, 0.29) is 5.75 Å². The molecule has 2 saturated heterocycles. The van der Waals surface area contributed by atoms with Crippen LogP contribution in [0.25, 0.3) is 10.4 Å². The molecule has 2 heterocycles. The molecule has 0 aromatic carbocycles. The van der Waals surface area contributed by atoms with Crippen LogP contribution in [0.1, 0.15) is 0 Å². The number of azide groups is 1. The van der Waals surface area contributed by atoms with Crippen LogP contribution in [0.5, 0.6) is 0 Å². The fraction of sp³-hybridized carbons (Fsp3) is 0.778. The fourth-order valence-electron chi connectivity index (χ4n) is 2.22. The van der Waals surface area contributed by atoms with Crippen molar-refractivity contribution in [1.29, 1.82) is 0 Å². The summed E-state index contributed by atoms with van der Waals surface area (Å²) in [6.45, 7) is 0. The van der Waals surface area contributed by atoms with Crippen molar-refractivity contribution in [3.63, 3.8) is 0 Å². The highest BCUT2D eigenvalue weighted by molar-refractivity contribution is 8.00. The maximum absolute atomic E-state index is 12.2. The molecule has 2 rings (SSSR count). The van der Waals surface area contributed by atoms with Crippen LogP contribution in [0, 0.1) is 0 Å². The number of amides is 1. The Morgan fingerprint density at radius 3 is 2.84 bits per heavy atom. The zero-order chi connectivity index (χ0) is 14.2. The lowest BCUT2D eigenvalue weighted by Gasteiger charge is -2.40. The summed E-state index contributed by atoms with van der Waals surface area (Å²) in [5.41, 5.74) is 8.40. The minimum Gasteiger partial charge on any atom is -0.467 e. The average molecular weight is 288 g/mol. The smallest absolute Gasteiger partial charge is 0.329 e. The standard InChI is InChI=1S/C9H12N4O5S/c1-18-9(17)3-2-19-8-6(15)5(14)4(11-12-10)7(16)13(3)8/h3-6,8,14-15H,2H2,1H3/t3-,4+,5+,6-,8-/m0/s1. The Bertz CT molecular complexity index is 454. The number of ether oxygens (including phenoxy) is 1. The molecule has 0 radical (unpaired) electrons. The van der Waals surface area contributed by atoms with Crippen LogP contribution in [0.2, 0.25) is 0 Å². The number of rotatable bonds is 2. The highest BCUT2D eigenvalue weighted by Gasteiger charge is 2.54. The predicted molar refractivity (Wildman–Crippen MR) is 63.8 cm³/mol. The van der Waals surface area contributed by atoms with Crippen LogP contribution in [-0.2, 0) is 14.3 Å². The molecule has 9 nitrogen and oxygen atoms in total. The summed E-state index contributed by atoms with van der Waals surface area (Å²) in [6, 6.07) is -2.27. The van der Waals surface area contributed by atoms with E-state index in [9.17, 15) is 19.8 Å².